The second-order valence-electron chi connectivity index (χ2n) is 6.52. The fourth-order valence-corrected chi connectivity index (χ4v) is 3.17. The molecule has 1 aliphatic heterocycles. The van der Waals surface area contributed by atoms with E-state index in [1.807, 2.05) is 43.9 Å². The van der Waals surface area contributed by atoms with E-state index in [9.17, 15) is 4.79 Å². The van der Waals surface area contributed by atoms with Crippen LogP contribution in [-0.2, 0) is 6.42 Å². The third kappa shape index (κ3) is 2.43. The third-order valence-corrected chi connectivity index (χ3v) is 4.22. The SMILES string of the molecule is Cc1noc(C(C)C)c1C(=O)N1CC(C)Cc2ccccc21. The minimum absolute atomic E-state index is 0.00134. The highest BCUT2D eigenvalue weighted by Gasteiger charge is 2.31. The molecule has 0 saturated carbocycles. The Morgan fingerprint density at radius 3 is 2.82 bits per heavy atom. The zero-order valence-electron chi connectivity index (χ0n) is 13.6. The number of fused-ring (bicyclic) bond motifs is 1. The molecule has 0 bridgehead atoms. The topological polar surface area (TPSA) is 46.3 Å². The van der Waals surface area contributed by atoms with Crippen LogP contribution in [0.15, 0.2) is 28.8 Å². The fourth-order valence-electron chi connectivity index (χ4n) is 3.17. The summed E-state index contributed by atoms with van der Waals surface area (Å²) in [6.07, 6.45) is 1.01. The lowest BCUT2D eigenvalue weighted by atomic mass is 9.93. The molecule has 0 N–H and O–H groups in total. The number of aryl methyl sites for hydroxylation is 1. The Morgan fingerprint density at radius 1 is 1.36 bits per heavy atom. The minimum atomic E-state index is 0.00134. The van der Waals surface area contributed by atoms with Gasteiger partial charge in [0.05, 0.1) is 5.69 Å². The van der Waals surface area contributed by atoms with Crippen molar-refractivity contribution >= 4 is 11.6 Å². The molecule has 1 aromatic heterocycles. The lowest BCUT2D eigenvalue weighted by molar-refractivity contribution is 0.0978. The smallest absolute Gasteiger partial charge is 0.263 e. The highest BCUT2D eigenvalue weighted by atomic mass is 16.5. The number of carbonyl (C=O) groups is 1. The molecule has 1 unspecified atom stereocenters. The fraction of sp³-hybridized carbons (Fsp3) is 0.444. The quantitative estimate of drug-likeness (QED) is 0.843. The van der Waals surface area contributed by atoms with E-state index in [2.05, 4.69) is 18.1 Å². The first-order valence-electron chi connectivity index (χ1n) is 7.85. The largest absolute Gasteiger partial charge is 0.360 e. The summed E-state index contributed by atoms with van der Waals surface area (Å²) in [5.41, 5.74) is 3.54. The van der Waals surface area contributed by atoms with Gasteiger partial charge in [-0.15, -0.1) is 0 Å². The maximum Gasteiger partial charge on any atom is 0.263 e. The first-order valence-corrected chi connectivity index (χ1v) is 7.85. The first kappa shape index (κ1) is 14.8. The Balaban J connectivity index is 2.05. The van der Waals surface area contributed by atoms with Gasteiger partial charge in [0.2, 0.25) is 0 Å². The Bertz CT molecular complexity index is 703. The van der Waals surface area contributed by atoms with Crippen LogP contribution in [0, 0.1) is 12.8 Å². The number of rotatable bonds is 2. The van der Waals surface area contributed by atoms with Gasteiger partial charge in [0, 0.05) is 18.2 Å². The van der Waals surface area contributed by atoms with Gasteiger partial charge in [-0.2, -0.15) is 0 Å². The van der Waals surface area contributed by atoms with Crippen molar-refractivity contribution in [1.82, 2.24) is 5.16 Å². The number of benzene rings is 1. The van der Waals surface area contributed by atoms with Crippen molar-refractivity contribution in [3.05, 3.63) is 46.8 Å². The van der Waals surface area contributed by atoms with Crippen molar-refractivity contribution in [1.29, 1.82) is 0 Å². The van der Waals surface area contributed by atoms with E-state index in [1.165, 1.54) is 5.56 Å². The van der Waals surface area contributed by atoms with Crippen LogP contribution in [0.1, 0.15) is 54.1 Å². The molecule has 0 radical (unpaired) electrons. The van der Waals surface area contributed by atoms with E-state index in [0.717, 1.165) is 18.7 Å². The van der Waals surface area contributed by atoms with Crippen LogP contribution in [-0.4, -0.2) is 17.6 Å². The van der Waals surface area contributed by atoms with Crippen LogP contribution in [0.5, 0.6) is 0 Å². The molecule has 0 saturated heterocycles. The molecule has 0 spiro atoms. The molecule has 0 aliphatic carbocycles. The number of para-hydroxylation sites is 1. The second kappa shape index (κ2) is 5.59. The lowest BCUT2D eigenvalue weighted by Crippen LogP contribution is -2.39. The number of aromatic nitrogens is 1. The predicted molar refractivity (Wildman–Crippen MR) is 86.3 cm³/mol. The molecular formula is C18H22N2O2. The van der Waals surface area contributed by atoms with Crippen molar-refractivity contribution in [3.63, 3.8) is 0 Å². The highest BCUT2D eigenvalue weighted by molar-refractivity contribution is 6.08. The Kier molecular flexibility index (Phi) is 3.77. The Morgan fingerprint density at radius 2 is 2.09 bits per heavy atom. The number of hydrogen-bond donors (Lipinski definition) is 0. The molecule has 1 amide bonds. The van der Waals surface area contributed by atoms with Gasteiger partial charge in [-0.25, -0.2) is 0 Å². The normalized spacial score (nSPS) is 17.7. The molecule has 0 fully saturated rings. The molecule has 4 nitrogen and oxygen atoms in total. The van der Waals surface area contributed by atoms with Crippen molar-refractivity contribution in [2.24, 2.45) is 5.92 Å². The monoisotopic (exact) mass is 298 g/mol. The number of carbonyl (C=O) groups excluding carboxylic acids is 1. The number of nitrogens with zero attached hydrogens (tertiary/aromatic N) is 2. The summed E-state index contributed by atoms with van der Waals surface area (Å²) in [5.74, 6) is 1.26. The number of amides is 1. The average Bonchev–Trinajstić information content (AvgIpc) is 2.87. The average molecular weight is 298 g/mol. The third-order valence-electron chi connectivity index (χ3n) is 4.22. The van der Waals surface area contributed by atoms with Gasteiger partial charge in [-0.1, -0.05) is 44.1 Å². The summed E-state index contributed by atoms with van der Waals surface area (Å²) >= 11 is 0. The van der Waals surface area contributed by atoms with E-state index in [0.29, 0.717) is 22.9 Å². The van der Waals surface area contributed by atoms with Crippen molar-refractivity contribution in [2.75, 3.05) is 11.4 Å². The standard InChI is InChI=1S/C18H22N2O2/c1-11(2)17-16(13(4)19-22-17)18(21)20-10-12(3)9-14-7-5-6-8-15(14)20/h5-8,11-12H,9-10H2,1-4H3. The van der Waals surface area contributed by atoms with Crippen LogP contribution in [0.25, 0.3) is 0 Å². The van der Waals surface area contributed by atoms with Gasteiger partial charge >= 0.3 is 0 Å². The van der Waals surface area contributed by atoms with Crippen LogP contribution in [0.4, 0.5) is 5.69 Å². The summed E-state index contributed by atoms with van der Waals surface area (Å²) in [5, 5.41) is 4.01. The Labute approximate surface area is 131 Å². The maximum atomic E-state index is 13.1. The number of hydrogen-bond acceptors (Lipinski definition) is 3. The lowest BCUT2D eigenvalue weighted by Gasteiger charge is -2.33. The van der Waals surface area contributed by atoms with Gasteiger partial charge in [0.1, 0.15) is 5.56 Å². The molecule has 3 rings (SSSR count). The van der Waals surface area contributed by atoms with Crippen LogP contribution >= 0.6 is 0 Å². The summed E-state index contributed by atoms with van der Waals surface area (Å²) in [6, 6.07) is 8.15. The van der Waals surface area contributed by atoms with E-state index in [4.69, 9.17) is 4.52 Å². The van der Waals surface area contributed by atoms with Gasteiger partial charge < -0.3 is 9.42 Å². The zero-order chi connectivity index (χ0) is 15.9. The molecular weight excluding hydrogens is 276 g/mol. The van der Waals surface area contributed by atoms with Crippen molar-refractivity contribution in [2.45, 2.75) is 40.0 Å². The molecule has 4 heteroatoms. The molecule has 1 aromatic carbocycles. The second-order valence-corrected chi connectivity index (χ2v) is 6.52. The summed E-state index contributed by atoms with van der Waals surface area (Å²) in [7, 11) is 0. The van der Waals surface area contributed by atoms with E-state index < -0.39 is 0 Å². The van der Waals surface area contributed by atoms with Crippen LogP contribution in [0.2, 0.25) is 0 Å². The van der Waals surface area contributed by atoms with E-state index >= 15 is 0 Å². The summed E-state index contributed by atoms with van der Waals surface area (Å²) in [4.78, 5) is 15.0. The summed E-state index contributed by atoms with van der Waals surface area (Å²) < 4.78 is 5.39. The van der Waals surface area contributed by atoms with Crippen LogP contribution < -0.4 is 4.90 Å². The van der Waals surface area contributed by atoms with Gasteiger partial charge in [-0.3, -0.25) is 4.79 Å². The highest BCUT2D eigenvalue weighted by Crippen LogP contribution is 2.32. The van der Waals surface area contributed by atoms with Gasteiger partial charge in [-0.05, 0) is 30.9 Å². The maximum absolute atomic E-state index is 13.1. The van der Waals surface area contributed by atoms with Crippen molar-refractivity contribution < 1.29 is 9.32 Å². The number of anilines is 1. The van der Waals surface area contributed by atoms with E-state index in [1.54, 1.807) is 0 Å². The van der Waals surface area contributed by atoms with E-state index in [-0.39, 0.29) is 11.8 Å². The summed E-state index contributed by atoms with van der Waals surface area (Å²) in [6.45, 7) is 8.78. The van der Waals surface area contributed by atoms with Gasteiger partial charge in [0.25, 0.3) is 5.91 Å². The van der Waals surface area contributed by atoms with Crippen LogP contribution in [0.3, 0.4) is 0 Å². The molecule has 2 heterocycles. The molecule has 1 aliphatic rings. The van der Waals surface area contributed by atoms with Crippen molar-refractivity contribution in [3.8, 4) is 0 Å². The van der Waals surface area contributed by atoms with Gasteiger partial charge in [0.15, 0.2) is 5.76 Å². The molecule has 22 heavy (non-hydrogen) atoms. The minimum Gasteiger partial charge on any atom is -0.360 e. The Hall–Kier alpha value is -2.10. The predicted octanol–water partition coefficient (Wildman–Crippen LogP) is 3.95. The zero-order valence-corrected chi connectivity index (χ0v) is 13.6. The molecule has 1 atom stereocenters. The molecule has 116 valence electrons. The molecule has 2 aromatic rings. The first-order chi connectivity index (χ1) is 10.5.